The molecule has 4 N–H and O–H groups in total. The lowest BCUT2D eigenvalue weighted by molar-refractivity contribution is 0.0999. The van der Waals surface area contributed by atoms with Gasteiger partial charge >= 0.3 is 0 Å². The Labute approximate surface area is 131 Å². The molecule has 0 spiro atoms. The highest BCUT2D eigenvalue weighted by Gasteiger charge is 2.32. The number of amides is 1. The molecule has 0 saturated carbocycles. The van der Waals surface area contributed by atoms with Crippen molar-refractivity contribution in [1.82, 2.24) is 4.31 Å². The number of aryl methyl sites for hydroxylation is 1. The first-order valence-corrected chi connectivity index (χ1v) is 8.83. The van der Waals surface area contributed by atoms with Crippen molar-refractivity contribution in [2.24, 2.45) is 17.4 Å². The number of hydrogen-bond acceptors (Lipinski definition) is 4. The summed E-state index contributed by atoms with van der Waals surface area (Å²) in [6, 6.07) is 4.45. The minimum absolute atomic E-state index is 0.0443. The second kappa shape index (κ2) is 6.36. The summed E-state index contributed by atoms with van der Waals surface area (Å²) in [6.07, 6.45) is 1.73. The molecule has 1 heterocycles. The Morgan fingerprint density at radius 3 is 2.68 bits per heavy atom. The van der Waals surface area contributed by atoms with Crippen LogP contribution in [0, 0.1) is 12.8 Å². The van der Waals surface area contributed by atoms with Gasteiger partial charge in [0, 0.05) is 24.7 Å². The van der Waals surface area contributed by atoms with Crippen LogP contribution < -0.4 is 11.5 Å². The second-order valence-corrected chi connectivity index (χ2v) is 7.90. The van der Waals surface area contributed by atoms with E-state index in [1.165, 1.54) is 16.4 Å². The van der Waals surface area contributed by atoms with Crippen LogP contribution in [-0.4, -0.2) is 37.8 Å². The van der Waals surface area contributed by atoms with Crippen molar-refractivity contribution in [3.8, 4) is 0 Å². The predicted molar refractivity (Wildman–Crippen MR) is 84.8 cm³/mol. The summed E-state index contributed by atoms with van der Waals surface area (Å²) in [7, 11) is -3.63. The molecule has 0 radical (unpaired) electrons. The molecule has 2 rings (SSSR count). The molecule has 22 heavy (non-hydrogen) atoms. The van der Waals surface area contributed by atoms with Gasteiger partial charge in [-0.1, -0.05) is 6.07 Å². The summed E-state index contributed by atoms with van der Waals surface area (Å²) < 4.78 is 27.0. The summed E-state index contributed by atoms with van der Waals surface area (Å²) in [4.78, 5) is 11.5. The number of piperidine rings is 1. The largest absolute Gasteiger partial charge is 0.366 e. The van der Waals surface area contributed by atoms with Crippen LogP contribution in [0.3, 0.4) is 0 Å². The summed E-state index contributed by atoms with van der Waals surface area (Å²) >= 11 is 0. The van der Waals surface area contributed by atoms with E-state index in [4.69, 9.17) is 11.5 Å². The number of sulfonamides is 1. The molecule has 1 aromatic rings. The molecule has 1 aliphatic rings. The van der Waals surface area contributed by atoms with Crippen LogP contribution in [0.1, 0.15) is 35.7 Å². The summed E-state index contributed by atoms with van der Waals surface area (Å²) in [5.41, 5.74) is 12.1. The molecular formula is C15H23N3O3S. The standard InChI is InChI=1S/C15H23N3O3S/c1-10-5-6-13(8-14(10)15(17)19)22(20,21)18-7-3-4-12(9-18)11(2)16/h5-6,8,11-12H,3-4,7,9,16H2,1-2H3,(H2,17,19). The third kappa shape index (κ3) is 3.31. The fourth-order valence-electron chi connectivity index (χ4n) is 2.80. The van der Waals surface area contributed by atoms with E-state index in [-0.39, 0.29) is 22.4 Å². The van der Waals surface area contributed by atoms with Gasteiger partial charge < -0.3 is 11.5 Å². The Kier molecular flexibility index (Phi) is 4.89. The average Bonchev–Trinajstić information content (AvgIpc) is 2.47. The van der Waals surface area contributed by atoms with Gasteiger partial charge in [0.05, 0.1) is 4.90 Å². The molecule has 1 fully saturated rings. The third-order valence-electron chi connectivity index (χ3n) is 4.28. The number of hydrogen-bond donors (Lipinski definition) is 2. The number of carbonyl (C=O) groups excluding carboxylic acids is 1. The SMILES string of the molecule is Cc1ccc(S(=O)(=O)N2CCCC(C(C)N)C2)cc1C(N)=O. The Morgan fingerprint density at radius 2 is 2.09 bits per heavy atom. The van der Waals surface area contributed by atoms with Crippen LogP contribution in [-0.2, 0) is 10.0 Å². The minimum atomic E-state index is -3.63. The van der Waals surface area contributed by atoms with Gasteiger partial charge in [0.2, 0.25) is 15.9 Å². The van der Waals surface area contributed by atoms with E-state index in [0.717, 1.165) is 12.8 Å². The summed E-state index contributed by atoms with van der Waals surface area (Å²) in [6.45, 7) is 4.52. The quantitative estimate of drug-likeness (QED) is 0.855. The monoisotopic (exact) mass is 325 g/mol. The zero-order valence-corrected chi connectivity index (χ0v) is 13.8. The zero-order chi connectivity index (χ0) is 16.5. The summed E-state index contributed by atoms with van der Waals surface area (Å²) in [5, 5.41) is 0. The number of primary amides is 1. The molecule has 7 heteroatoms. The highest BCUT2D eigenvalue weighted by atomic mass is 32.2. The number of rotatable bonds is 4. The number of nitrogens with two attached hydrogens (primary N) is 2. The molecule has 0 bridgehead atoms. The lowest BCUT2D eigenvalue weighted by Crippen LogP contribution is -2.45. The molecule has 122 valence electrons. The Hall–Kier alpha value is -1.44. The van der Waals surface area contributed by atoms with Crippen molar-refractivity contribution in [2.45, 2.75) is 37.6 Å². The van der Waals surface area contributed by atoms with Gasteiger partial charge in [0.15, 0.2) is 0 Å². The molecule has 1 saturated heterocycles. The third-order valence-corrected chi connectivity index (χ3v) is 6.14. The molecular weight excluding hydrogens is 302 g/mol. The van der Waals surface area contributed by atoms with Gasteiger partial charge in [-0.2, -0.15) is 4.31 Å². The van der Waals surface area contributed by atoms with Crippen LogP contribution in [0.5, 0.6) is 0 Å². The highest BCUT2D eigenvalue weighted by Crippen LogP contribution is 2.26. The van der Waals surface area contributed by atoms with Crippen LogP contribution in [0.25, 0.3) is 0 Å². The van der Waals surface area contributed by atoms with E-state index < -0.39 is 15.9 Å². The predicted octanol–water partition coefficient (Wildman–Crippen LogP) is 0.842. The maximum absolute atomic E-state index is 12.8. The number of benzene rings is 1. The zero-order valence-electron chi connectivity index (χ0n) is 13.0. The van der Waals surface area contributed by atoms with Crippen molar-refractivity contribution < 1.29 is 13.2 Å². The summed E-state index contributed by atoms with van der Waals surface area (Å²) in [5.74, 6) is -0.466. The molecule has 2 unspecified atom stereocenters. The lowest BCUT2D eigenvalue weighted by atomic mass is 9.93. The average molecular weight is 325 g/mol. The van der Waals surface area contributed by atoms with Gasteiger partial charge in [-0.25, -0.2) is 8.42 Å². The maximum atomic E-state index is 12.8. The van der Waals surface area contributed by atoms with Gasteiger partial charge in [-0.15, -0.1) is 0 Å². The van der Waals surface area contributed by atoms with Gasteiger partial charge in [0.25, 0.3) is 0 Å². The topological polar surface area (TPSA) is 106 Å². The molecule has 1 aromatic carbocycles. The molecule has 1 amide bonds. The Bertz CT molecular complexity index is 671. The fraction of sp³-hybridized carbons (Fsp3) is 0.533. The van der Waals surface area contributed by atoms with Gasteiger partial charge in [-0.3, -0.25) is 4.79 Å². The molecule has 0 aliphatic carbocycles. The Balaban J connectivity index is 2.34. The Morgan fingerprint density at radius 1 is 1.41 bits per heavy atom. The van der Waals surface area contributed by atoms with Crippen LogP contribution in [0.2, 0.25) is 0 Å². The first-order valence-electron chi connectivity index (χ1n) is 7.39. The normalized spacial score (nSPS) is 21.5. The van der Waals surface area contributed by atoms with E-state index in [1.807, 2.05) is 6.92 Å². The van der Waals surface area contributed by atoms with Gasteiger partial charge in [-0.05, 0) is 50.3 Å². The van der Waals surface area contributed by atoms with E-state index in [9.17, 15) is 13.2 Å². The van der Waals surface area contributed by atoms with Crippen LogP contribution in [0.15, 0.2) is 23.1 Å². The van der Waals surface area contributed by atoms with Crippen molar-refractivity contribution in [3.63, 3.8) is 0 Å². The second-order valence-electron chi connectivity index (χ2n) is 5.97. The van der Waals surface area contributed by atoms with Crippen molar-refractivity contribution >= 4 is 15.9 Å². The number of nitrogens with zero attached hydrogens (tertiary/aromatic N) is 1. The van der Waals surface area contributed by atoms with Crippen LogP contribution in [0.4, 0.5) is 0 Å². The molecule has 2 atom stereocenters. The van der Waals surface area contributed by atoms with Crippen molar-refractivity contribution in [1.29, 1.82) is 0 Å². The van der Waals surface area contributed by atoms with E-state index in [1.54, 1.807) is 13.0 Å². The molecule has 0 aromatic heterocycles. The molecule has 6 nitrogen and oxygen atoms in total. The van der Waals surface area contributed by atoms with Crippen LogP contribution >= 0.6 is 0 Å². The molecule has 1 aliphatic heterocycles. The smallest absolute Gasteiger partial charge is 0.249 e. The van der Waals surface area contributed by atoms with E-state index in [2.05, 4.69) is 0 Å². The maximum Gasteiger partial charge on any atom is 0.249 e. The van der Waals surface area contributed by atoms with Crippen molar-refractivity contribution in [2.75, 3.05) is 13.1 Å². The minimum Gasteiger partial charge on any atom is -0.366 e. The first-order chi connectivity index (χ1) is 10.2. The van der Waals surface area contributed by atoms with E-state index in [0.29, 0.717) is 18.7 Å². The van der Waals surface area contributed by atoms with Gasteiger partial charge in [0.1, 0.15) is 0 Å². The van der Waals surface area contributed by atoms with Crippen molar-refractivity contribution in [3.05, 3.63) is 29.3 Å². The van der Waals surface area contributed by atoms with E-state index >= 15 is 0 Å². The fourth-order valence-corrected chi connectivity index (χ4v) is 4.36. The highest BCUT2D eigenvalue weighted by molar-refractivity contribution is 7.89. The number of carbonyl (C=O) groups is 1. The lowest BCUT2D eigenvalue weighted by Gasteiger charge is -2.33. The first kappa shape index (κ1) is 16.9.